The van der Waals surface area contributed by atoms with E-state index in [0.29, 0.717) is 12.1 Å². The SMILES string of the molecule is CC(N[C@H](C)c1cccc(Br)c1)c1cc2c(s1)CCCC2. The maximum atomic E-state index is 3.74. The topological polar surface area (TPSA) is 12.0 Å². The predicted molar refractivity (Wildman–Crippen MR) is 95.1 cm³/mol. The Morgan fingerprint density at radius 1 is 1.10 bits per heavy atom. The predicted octanol–water partition coefficient (Wildman–Crippen LogP) is 5.80. The van der Waals surface area contributed by atoms with Gasteiger partial charge in [-0.3, -0.25) is 0 Å². The van der Waals surface area contributed by atoms with E-state index in [1.807, 2.05) is 11.3 Å². The van der Waals surface area contributed by atoms with Gasteiger partial charge in [-0.15, -0.1) is 11.3 Å². The van der Waals surface area contributed by atoms with Crippen LogP contribution in [0.2, 0.25) is 0 Å². The fraction of sp³-hybridized carbons (Fsp3) is 0.444. The summed E-state index contributed by atoms with van der Waals surface area (Å²) in [5.74, 6) is 0. The summed E-state index contributed by atoms with van der Waals surface area (Å²) in [4.78, 5) is 3.11. The third kappa shape index (κ3) is 3.58. The Hall–Kier alpha value is -0.640. The number of halogens is 1. The average molecular weight is 364 g/mol. The van der Waals surface area contributed by atoms with Gasteiger partial charge in [0.15, 0.2) is 0 Å². The number of fused-ring (bicyclic) bond motifs is 1. The van der Waals surface area contributed by atoms with Crippen LogP contribution >= 0.6 is 27.3 Å². The first kappa shape index (κ1) is 15.3. The van der Waals surface area contributed by atoms with Gasteiger partial charge in [0.2, 0.25) is 0 Å². The number of hydrogen-bond donors (Lipinski definition) is 1. The van der Waals surface area contributed by atoms with Crippen LogP contribution in [0.1, 0.15) is 59.7 Å². The van der Waals surface area contributed by atoms with Crippen LogP contribution in [-0.2, 0) is 12.8 Å². The van der Waals surface area contributed by atoms with Gasteiger partial charge in [0.05, 0.1) is 0 Å². The van der Waals surface area contributed by atoms with Crippen molar-refractivity contribution in [3.8, 4) is 0 Å². The van der Waals surface area contributed by atoms with Gasteiger partial charge >= 0.3 is 0 Å². The molecule has 1 aliphatic carbocycles. The summed E-state index contributed by atoms with van der Waals surface area (Å²) in [7, 11) is 0. The first-order valence-electron chi connectivity index (χ1n) is 7.76. The molecule has 1 unspecified atom stereocenters. The van der Waals surface area contributed by atoms with Gasteiger partial charge in [0, 0.05) is 26.3 Å². The summed E-state index contributed by atoms with van der Waals surface area (Å²) in [6.07, 6.45) is 5.29. The summed E-state index contributed by atoms with van der Waals surface area (Å²) in [6.45, 7) is 4.53. The van der Waals surface area contributed by atoms with Crippen LogP contribution in [0.25, 0.3) is 0 Å². The second kappa shape index (κ2) is 6.64. The number of nitrogens with one attached hydrogen (secondary N) is 1. The summed E-state index contributed by atoms with van der Waals surface area (Å²) in [5.41, 5.74) is 2.93. The monoisotopic (exact) mass is 363 g/mol. The van der Waals surface area contributed by atoms with Crippen LogP contribution in [0, 0.1) is 0 Å². The quantitative estimate of drug-likeness (QED) is 0.723. The van der Waals surface area contributed by atoms with Gasteiger partial charge in [-0.05, 0) is 68.9 Å². The Bertz CT molecular complexity index is 596. The molecule has 0 saturated heterocycles. The van der Waals surface area contributed by atoms with Crippen molar-refractivity contribution < 1.29 is 0 Å². The van der Waals surface area contributed by atoms with E-state index in [9.17, 15) is 0 Å². The molecule has 0 fully saturated rings. The Labute approximate surface area is 139 Å². The molecule has 1 aromatic carbocycles. The molecule has 0 radical (unpaired) electrons. The molecule has 0 saturated carbocycles. The molecule has 3 rings (SSSR count). The Morgan fingerprint density at radius 3 is 2.67 bits per heavy atom. The van der Waals surface area contributed by atoms with Crippen LogP contribution in [0.15, 0.2) is 34.8 Å². The van der Waals surface area contributed by atoms with E-state index in [2.05, 4.69) is 65.4 Å². The first-order chi connectivity index (χ1) is 10.1. The molecule has 1 aliphatic rings. The standard InChI is InChI=1S/C18H22BrNS/c1-12(14-7-5-8-16(19)10-14)20-13(2)18-11-15-6-3-4-9-17(15)21-18/h5,7-8,10-13,20H,3-4,6,9H2,1-2H3/t12-,13?/m1/s1. The van der Waals surface area contributed by atoms with E-state index >= 15 is 0 Å². The number of rotatable bonds is 4. The minimum absolute atomic E-state index is 0.358. The largest absolute Gasteiger partial charge is 0.303 e. The van der Waals surface area contributed by atoms with Crippen molar-refractivity contribution in [3.05, 3.63) is 55.7 Å². The van der Waals surface area contributed by atoms with Crippen molar-refractivity contribution in [1.29, 1.82) is 0 Å². The molecular formula is C18H22BrNS. The lowest BCUT2D eigenvalue weighted by atomic mass is 9.99. The highest BCUT2D eigenvalue weighted by Gasteiger charge is 2.18. The lowest BCUT2D eigenvalue weighted by molar-refractivity contribution is 0.500. The van der Waals surface area contributed by atoms with Crippen molar-refractivity contribution in [1.82, 2.24) is 5.32 Å². The van der Waals surface area contributed by atoms with E-state index in [0.717, 1.165) is 4.47 Å². The highest BCUT2D eigenvalue weighted by atomic mass is 79.9. The molecular weight excluding hydrogens is 342 g/mol. The molecule has 0 aliphatic heterocycles. The Kier molecular flexibility index (Phi) is 4.82. The first-order valence-corrected chi connectivity index (χ1v) is 9.37. The third-order valence-corrected chi connectivity index (χ3v) is 6.20. The smallest absolute Gasteiger partial charge is 0.0391 e. The molecule has 0 spiro atoms. The zero-order chi connectivity index (χ0) is 14.8. The lowest BCUT2D eigenvalue weighted by Gasteiger charge is -2.19. The molecule has 21 heavy (non-hydrogen) atoms. The average Bonchev–Trinajstić information content (AvgIpc) is 2.91. The number of hydrogen-bond acceptors (Lipinski definition) is 2. The zero-order valence-corrected chi connectivity index (χ0v) is 15.1. The second-order valence-electron chi connectivity index (χ2n) is 5.97. The summed E-state index contributed by atoms with van der Waals surface area (Å²) < 4.78 is 1.15. The molecule has 1 heterocycles. The van der Waals surface area contributed by atoms with Crippen molar-refractivity contribution >= 4 is 27.3 Å². The van der Waals surface area contributed by atoms with Crippen LogP contribution in [0.4, 0.5) is 0 Å². The summed E-state index contributed by atoms with van der Waals surface area (Å²) in [6, 6.07) is 11.8. The normalized spacial score (nSPS) is 17.3. The molecule has 1 N–H and O–H groups in total. The van der Waals surface area contributed by atoms with Crippen LogP contribution < -0.4 is 5.32 Å². The van der Waals surface area contributed by atoms with E-state index < -0.39 is 0 Å². The molecule has 2 aromatic rings. The minimum atomic E-state index is 0.358. The maximum absolute atomic E-state index is 3.74. The maximum Gasteiger partial charge on any atom is 0.0391 e. The Morgan fingerprint density at radius 2 is 1.90 bits per heavy atom. The van der Waals surface area contributed by atoms with Gasteiger partial charge < -0.3 is 5.32 Å². The van der Waals surface area contributed by atoms with Crippen LogP contribution in [0.3, 0.4) is 0 Å². The second-order valence-corrected chi connectivity index (χ2v) is 8.05. The van der Waals surface area contributed by atoms with E-state index in [4.69, 9.17) is 0 Å². The van der Waals surface area contributed by atoms with Gasteiger partial charge in [-0.2, -0.15) is 0 Å². The Balaban J connectivity index is 1.70. The molecule has 2 atom stereocenters. The molecule has 1 nitrogen and oxygen atoms in total. The highest BCUT2D eigenvalue weighted by molar-refractivity contribution is 9.10. The number of aryl methyl sites for hydroxylation is 2. The van der Waals surface area contributed by atoms with Gasteiger partial charge in [-0.25, -0.2) is 0 Å². The lowest BCUT2D eigenvalue weighted by Crippen LogP contribution is -2.21. The fourth-order valence-corrected chi connectivity index (χ4v) is 4.74. The van der Waals surface area contributed by atoms with Crippen molar-refractivity contribution in [3.63, 3.8) is 0 Å². The van der Waals surface area contributed by atoms with Crippen molar-refractivity contribution in [2.75, 3.05) is 0 Å². The van der Waals surface area contributed by atoms with Crippen LogP contribution in [0.5, 0.6) is 0 Å². The zero-order valence-electron chi connectivity index (χ0n) is 12.7. The fourth-order valence-electron chi connectivity index (χ4n) is 3.06. The molecule has 112 valence electrons. The molecule has 3 heteroatoms. The number of benzene rings is 1. The minimum Gasteiger partial charge on any atom is -0.303 e. The van der Waals surface area contributed by atoms with Gasteiger partial charge in [-0.1, -0.05) is 28.1 Å². The van der Waals surface area contributed by atoms with E-state index in [-0.39, 0.29) is 0 Å². The van der Waals surface area contributed by atoms with E-state index in [1.54, 1.807) is 10.4 Å². The van der Waals surface area contributed by atoms with E-state index in [1.165, 1.54) is 36.1 Å². The van der Waals surface area contributed by atoms with Crippen molar-refractivity contribution in [2.24, 2.45) is 0 Å². The van der Waals surface area contributed by atoms with Crippen molar-refractivity contribution in [2.45, 2.75) is 51.6 Å². The van der Waals surface area contributed by atoms with Crippen LogP contribution in [-0.4, -0.2) is 0 Å². The summed E-state index contributed by atoms with van der Waals surface area (Å²) in [5, 5.41) is 3.74. The third-order valence-electron chi connectivity index (χ3n) is 4.29. The van der Waals surface area contributed by atoms with Gasteiger partial charge in [0.25, 0.3) is 0 Å². The summed E-state index contributed by atoms with van der Waals surface area (Å²) >= 11 is 5.57. The number of thiophene rings is 1. The molecule has 0 bridgehead atoms. The molecule has 0 amide bonds. The highest BCUT2D eigenvalue weighted by Crippen LogP contribution is 2.33. The molecule has 1 aromatic heterocycles. The van der Waals surface area contributed by atoms with Gasteiger partial charge in [0.1, 0.15) is 0 Å².